The maximum atomic E-state index is 10.3. The standard InChI is InChI=1S/C36H22N4/c37-23-25-11-8-20-34(40-33-19-6-3-15-29(33)30-16-9-21-38-36(30)40)35(25)24-10-7-12-26(22-24)39-31-17-4-1-13-27(31)28-14-2-5-18-32(28)39/h1-22H. The Morgan fingerprint density at radius 1 is 0.550 bits per heavy atom. The lowest BCUT2D eigenvalue weighted by molar-refractivity contribution is 1.13. The molecule has 8 aromatic rings. The van der Waals surface area contributed by atoms with Crippen molar-refractivity contribution in [2.45, 2.75) is 0 Å². The van der Waals surface area contributed by atoms with Crippen LogP contribution in [-0.2, 0) is 0 Å². The van der Waals surface area contributed by atoms with Crippen molar-refractivity contribution >= 4 is 43.7 Å². The van der Waals surface area contributed by atoms with E-state index in [4.69, 9.17) is 4.98 Å². The van der Waals surface area contributed by atoms with E-state index in [0.717, 1.165) is 55.5 Å². The molecule has 3 heterocycles. The summed E-state index contributed by atoms with van der Waals surface area (Å²) >= 11 is 0. The number of hydrogen-bond acceptors (Lipinski definition) is 2. The third-order valence-electron chi connectivity index (χ3n) is 7.81. The normalized spacial score (nSPS) is 11.5. The molecule has 0 aliphatic heterocycles. The van der Waals surface area contributed by atoms with Crippen LogP contribution in [0.5, 0.6) is 0 Å². The van der Waals surface area contributed by atoms with Gasteiger partial charge in [0.25, 0.3) is 0 Å². The molecule has 3 aromatic heterocycles. The van der Waals surface area contributed by atoms with Crippen molar-refractivity contribution in [3.05, 3.63) is 139 Å². The van der Waals surface area contributed by atoms with Gasteiger partial charge in [-0.05, 0) is 60.2 Å². The first-order valence-electron chi connectivity index (χ1n) is 13.3. The number of pyridine rings is 1. The Bertz CT molecular complexity index is 2190. The second-order valence-corrected chi connectivity index (χ2v) is 9.96. The maximum absolute atomic E-state index is 10.3. The lowest BCUT2D eigenvalue weighted by atomic mass is 9.97. The SMILES string of the molecule is N#Cc1cccc(-n2c3ccccc3c3cccnc32)c1-c1cccc(-n2c3ccccc3c3ccccc32)c1. The Labute approximate surface area is 230 Å². The van der Waals surface area contributed by atoms with Crippen LogP contribution in [0.25, 0.3) is 66.2 Å². The van der Waals surface area contributed by atoms with E-state index in [1.165, 1.54) is 10.8 Å². The summed E-state index contributed by atoms with van der Waals surface area (Å²) in [7, 11) is 0. The molecule has 5 aromatic carbocycles. The lowest BCUT2D eigenvalue weighted by Crippen LogP contribution is -2.01. The van der Waals surface area contributed by atoms with Crippen molar-refractivity contribution in [1.29, 1.82) is 5.26 Å². The van der Waals surface area contributed by atoms with Gasteiger partial charge in [0.1, 0.15) is 5.65 Å². The van der Waals surface area contributed by atoms with Gasteiger partial charge in [0.05, 0.1) is 33.9 Å². The van der Waals surface area contributed by atoms with Gasteiger partial charge < -0.3 is 4.57 Å². The van der Waals surface area contributed by atoms with Gasteiger partial charge in [0.2, 0.25) is 0 Å². The van der Waals surface area contributed by atoms with Crippen LogP contribution < -0.4 is 0 Å². The minimum absolute atomic E-state index is 0.624. The summed E-state index contributed by atoms with van der Waals surface area (Å²) in [6, 6.07) is 46.4. The molecule has 0 aliphatic rings. The van der Waals surface area contributed by atoms with Crippen molar-refractivity contribution in [1.82, 2.24) is 14.1 Å². The van der Waals surface area contributed by atoms with Gasteiger partial charge in [-0.1, -0.05) is 72.8 Å². The van der Waals surface area contributed by atoms with E-state index in [2.05, 4.69) is 124 Å². The third-order valence-corrected chi connectivity index (χ3v) is 7.81. The van der Waals surface area contributed by atoms with Gasteiger partial charge in [-0.15, -0.1) is 0 Å². The van der Waals surface area contributed by atoms with Crippen molar-refractivity contribution in [3.8, 4) is 28.6 Å². The van der Waals surface area contributed by atoms with E-state index >= 15 is 0 Å². The second kappa shape index (κ2) is 8.69. The van der Waals surface area contributed by atoms with E-state index in [9.17, 15) is 5.26 Å². The number of rotatable bonds is 3. The molecule has 0 atom stereocenters. The summed E-state index contributed by atoms with van der Waals surface area (Å²) in [4.78, 5) is 4.79. The quantitative estimate of drug-likeness (QED) is 0.238. The van der Waals surface area contributed by atoms with Crippen molar-refractivity contribution in [2.75, 3.05) is 0 Å². The summed E-state index contributed by atoms with van der Waals surface area (Å²) in [6.45, 7) is 0. The molecule has 0 fully saturated rings. The smallest absolute Gasteiger partial charge is 0.145 e. The number of nitriles is 1. The fraction of sp³-hybridized carbons (Fsp3) is 0. The van der Waals surface area contributed by atoms with Crippen molar-refractivity contribution in [2.24, 2.45) is 0 Å². The van der Waals surface area contributed by atoms with Gasteiger partial charge >= 0.3 is 0 Å². The molecule has 0 bridgehead atoms. The number of hydrogen-bond donors (Lipinski definition) is 0. The Kier molecular flexibility index (Phi) is 4.85. The summed E-state index contributed by atoms with van der Waals surface area (Å²) in [5, 5.41) is 15.0. The lowest BCUT2D eigenvalue weighted by Gasteiger charge is -2.16. The monoisotopic (exact) mass is 510 g/mol. The summed E-state index contributed by atoms with van der Waals surface area (Å²) in [5.41, 5.74) is 8.72. The minimum atomic E-state index is 0.624. The minimum Gasteiger partial charge on any atom is -0.309 e. The Balaban J connectivity index is 1.43. The van der Waals surface area contributed by atoms with Crippen LogP contribution in [0.1, 0.15) is 5.56 Å². The zero-order valence-corrected chi connectivity index (χ0v) is 21.5. The molecule has 0 saturated carbocycles. The molecule has 186 valence electrons. The molecule has 8 rings (SSSR count). The first-order chi connectivity index (χ1) is 19.8. The number of benzene rings is 5. The highest BCUT2D eigenvalue weighted by Gasteiger charge is 2.19. The molecule has 4 heteroatoms. The molecule has 0 aliphatic carbocycles. The van der Waals surface area contributed by atoms with Crippen LogP contribution in [0.2, 0.25) is 0 Å². The number of para-hydroxylation sites is 3. The highest BCUT2D eigenvalue weighted by Crippen LogP contribution is 2.38. The molecule has 4 nitrogen and oxygen atoms in total. The molecule has 0 radical (unpaired) electrons. The highest BCUT2D eigenvalue weighted by molar-refractivity contribution is 6.10. The van der Waals surface area contributed by atoms with Gasteiger partial charge in [0, 0.05) is 39.0 Å². The largest absolute Gasteiger partial charge is 0.309 e. The molecule has 0 saturated heterocycles. The summed E-state index contributed by atoms with van der Waals surface area (Å²) in [6.07, 6.45) is 1.83. The average Bonchev–Trinajstić information content (AvgIpc) is 3.54. The molecule has 0 N–H and O–H groups in total. The van der Waals surface area contributed by atoms with Crippen LogP contribution >= 0.6 is 0 Å². The first-order valence-corrected chi connectivity index (χ1v) is 13.3. The maximum Gasteiger partial charge on any atom is 0.145 e. The molecule has 0 spiro atoms. The van der Waals surface area contributed by atoms with Gasteiger partial charge in [0.15, 0.2) is 0 Å². The second-order valence-electron chi connectivity index (χ2n) is 9.96. The van der Waals surface area contributed by atoms with E-state index in [0.29, 0.717) is 5.56 Å². The van der Waals surface area contributed by atoms with E-state index in [-0.39, 0.29) is 0 Å². The zero-order chi connectivity index (χ0) is 26.6. The van der Waals surface area contributed by atoms with Crippen LogP contribution in [0.15, 0.2) is 134 Å². The predicted molar refractivity (Wildman–Crippen MR) is 163 cm³/mol. The van der Waals surface area contributed by atoms with Crippen LogP contribution in [-0.4, -0.2) is 14.1 Å². The van der Waals surface area contributed by atoms with Crippen LogP contribution in [0, 0.1) is 11.3 Å². The number of aromatic nitrogens is 3. The fourth-order valence-electron chi connectivity index (χ4n) is 6.16. The van der Waals surface area contributed by atoms with Crippen LogP contribution in [0.3, 0.4) is 0 Å². The number of fused-ring (bicyclic) bond motifs is 6. The van der Waals surface area contributed by atoms with E-state index < -0.39 is 0 Å². The van der Waals surface area contributed by atoms with Gasteiger partial charge in [-0.3, -0.25) is 4.57 Å². The third kappa shape index (κ3) is 3.15. The van der Waals surface area contributed by atoms with Crippen molar-refractivity contribution in [3.63, 3.8) is 0 Å². The molecule has 0 amide bonds. The van der Waals surface area contributed by atoms with E-state index in [1.807, 2.05) is 24.4 Å². The van der Waals surface area contributed by atoms with Gasteiger partial charge in [-0.25, -0.2) is 4.98 Å². The molecular weight excluding hydrogens is 488 g/mol. The first kappa shape index (κ1) is 22.3. The highest BCUT2D eigenvalue weighted by atomic mass is 15.0. The Hall–Kier alpha value is -5.66. The predicted octanol–water partition coefficient (Wildman–Crippen LogP) is 8.81. The molecule has 0 unspecified atom stereocenters. The molecular formula is C36H22N4. The Morgan fingerprint density at radius 3 is 1.85 bits per heavy atom. The van der Waals surface area contributed by atoms with E-state index in [1.54, 1.807) is 0 Å². The Morgan fingerprint density at radius 2 is 1.15 bits per heavy atom. The fourth-order valence-corrected chi connectivity index (χ4v) is 6.16. The number of nitrogens with zero attached hydrogens (tertiary/aromatic N) is 4. The zero-order valence-electron chi connectivity index (χ0n) is 21.5. The topological polar surface area (TPSA) is 46.5 Å². The van der Waals surface area contributed by atoms with Gasteiger partial charge in [-0.2, -0.15) is 5.26 Å². The van der Waals surface area contributed by atoms with Crippen LogP contribution in [0.4, 0.5) is 0 Å². The van der Waals surface area contributed by atoms with Crippen molar-refractivity contribution < 1.29 is 0 Å². The summed E-state index contributed by atoms with van der Waals surface area (Å²) < 4.78 is 4.50. The molecule has 40 heavy (non-hydrogen) atoms. The average molecular weight is 511 g/mol. The summed E-state index contributed by atoms with van der Waals surface area (Å²) in [5.74, 6) is 0.